The Balaban J connectivity index is 0.000000821. The van der Waals surface area contributed by atoms with E-state index in [2.05, 4.69) is 61.0 Å². The summed E-state index contributed by atoms with van der Waals surface area (Å²) in [6, 6.07) is 3.29. The van der Waals surface area contributed by atoms with Crippen LogP contribution >= 0.6 is 27.5 Å². The Morgan fingerprint density at radius 3 is 2.37 bits per heavy atom. The van der Waals surface area contributed by atoms with E-state index in [0.717, 1.165) is 6.54 Å². The molecule has 0 saturated carbocycles. The number of pyridine rings is 1. The molecule has 1 aromatic carbocycles. The molecule has 0 radical (unpaired) electrons. The fraction of sp³-hybridized carbons (Fsp3) is 0.360. The van der Waals surface area contributed by atoms with Gasteiger partial charge in [-0.25, -0.2) is 4.79 Å². The van der Waals surface area contributed by atoms with Crippen LogP contribution in [0.2, 0.25) is 5.02 Å². The average Bonchev–Trinajstić information content (AvgIpc) is 2.90. The second-order valence-corrected chi connectivity index (χ2v) is 11.1. The average molecular weight is 696 g/mol. The molecule has 2 aromatic rings. The Bertz CT molecular complexity index is 1410. The normalized spacial score (nSPS) is 14.5. The molecule has 0 unspecified atom stereocenters. The van der Waals surface area contributed by atoms with Crippen LogP contribution in [0.3, 0.4) is 0 Å². The van der Waals surface area contributed by atoms with Crippen molar-refractivity contribution in [3.05, 3.63) is 51.2 Å². The number of carbonyl (C=O) groups excluding carboxylic acids is 2. The predicted molar refractivity (Wildman–Crippen MR) is 152 cm³/mol. The number of nitrogens with one attached hydrogen (secondary N) is 4. The zero-order valence-corrected chi connectivity index (χ0v) is 24.9. The predicted octanol–water partition coefficient (Wildman–Crippen LogP) is 3.30. The fourth-order valence-electron chi connectivity index (χ4n) is 3.35. The van der Waals surface area contributed by atoms with E-state index in [0.29, 0.717) is 18.2 Å². The molecule has 2 heterocycles. The van der Waals surface area contributed by atoms with Gasteiger partial charge < -0.3 is 36.6 Å². The third kappa shape index (κ3) is 11.6. The van der Waals surface area contributed by atoms with E-state index in [1.54, 1.807) is 12.3 Å². The molecule has 234 valence electrons. The lowest BCUT2D eigenvalue weighted by molar-refractivity contribution is -0.192. The largest absolute Gasteiger partial charge is 0.506 e. The molecule has 0 bridgehead atoms. The summed E-state index contributed by atoms with van der Waals surface area (Å²) < 4.78 is 32.0. The molecule has 13 nitrogen and oxygen atoms in total. The van der Waals surface area contributed by atoms with Crippen LogP contribution in [0.5, 0.6) is 5.75 Å². The van der Waals surface area contributed by atoms with Crippen LogP contribution in [0, 0.1) is 5.41 Å². The summed E-state index contributed by atoms with van der Waals surface area (Å²) >= 11 is 9.16. The molecule has 2 amide bonds. The van der Waals surface area contributed by atoms with Gasteiger partial charge >= 0.3 is 18.1 Å². The Hall–Kier alpha value is -4.12. The molecular weight excluding hydrogens is 669 g/mol. The van der Waals surface area contributed by atoms with Crippen molar-refractivity contribution in [1.82, 2.24) is 20.9 Å². The first-order chi connectivity index (χ1) is 19.9. The van der Waals surface area contributed by atoms with Crippen LogP contribution in [0.25, 0.3) is 0 Å². The van der Waals surface area contributed by atoms with Gasteiger partial charge in [-0.05, 0) is 34.1 Å². The molecule has 0 spiro atoms. The molecule has 0 aliphatic carbocycles. The highest BCUT2D eigenvalue weighted by molar-refractivity contribution is 9.10. The number of alkyl halides is 3. The van der Waals surface area contributed by atoms with E-state index < -0.39 is 48.9 Å². The van der Waals surface area contributed by atoms with E-state index in [-0.39, 0.29) is 31.8 Å². The maximum absolute atomic E-state index is 12.6. The lowest BCUT2D eigenvalue weighted by Crippen LogP contribution is -2.44. The maximum atomic E-state index is 12.6. The Kier molecular flexibility index (Phi) is 12.1. The number of amides is 2. The number of carboxylic acids is 2. The second kappa shape index (κ2) is 14.9. The highest BCUT2D eigenvalue weighted by Gasteiger charge is 2.38. The molecule has 7 N–H and O–H groups in total. The number of carboxylic acid groups (broad SMARTS) is 2. The van der Waals surface area contributed by atoms with Crippen LogP contribution in [-0.4, -0.2) is 75.8 Å². The van der Waals surface area contributed by atoms with E-state index in [4.69, 9.17) is 21.5 Å². The lowest BCUT2D eigenvalue weighted by atomic mass is 9.93. The highest BCUT2D eigenvalue weighted by atomic mass is 79.9. The summed E-state index contributed by atoms with van der Waals surface area (Å²) in [5.74, 6) is -4.83. The second-order valence-electron chi connectivity index (χ2n) is 9.80. The van der Waals surface area contributed by atoms with E-state index in [1.165, 1.54) is 18.3 Å². The minimum Gasteiger partial charge on any atom is -0.506 e. The monoisotopic (exact) mass is 694 g/mol. The van der Waals surface area contributed by atoms with Crippen molar-refractivity contribution in [1.29, 1.82) is 0 Å². The number of aliphatic carboxylic acids is 2. The van der Waals surface area contributed by atoms with Gasteiger partial charge in [-0.15, -0.1) is 0 Å². The number of nitrogens with zero attached hydrogens (tertiary/aromatic N) is 2. The summed E-state index contributed by atoms with van der Waals surface area (Å²) in [7, 11) is 0. The van der Waals surface area contributed by atoms with Crippen molar-refractivity contribution in [2.75, 3.05) is 25.0 Å². The molecule has 1 aliphatic rings. The van der Waals surface area contributed by atoms with Crippen molar-refractivity contribution >= 4 is 62.9 Å². The van der Waals surface area contributed by atoms with Crippen LogP contribution in [-0.2, 0) is 14.4 Å². The first-order valence-electron chi connectivity index (χ1n) is 12.2. The van der Waals surface area contributed by atoms with Gasteiger partial charge in [-0.2, -0.15) is 13.2 Å². The third-order valence-electron chi connectivity index (χ3n) is 5.46. The Morgan fingerprint density at radius 1 is 1.16 bits per heavy atom. The number of carbonyl (C=O) groups is 4. The van der Waals surface area contributed by atoms with Crippen molar-refractivity contribution in [2.45, 2.75) is 32.5 Å². The number of aromatic nitrogens is 1. The number of anilines is 1. The lowest BCUT2D eigenvalue weighted by Gasteiger charge is -2.29. The standard InChI is InChI=1S/C23H26BrClN6O5.C2HF3O2/c1-23(2)10-28-22(29-11-23)30-14-3-12(7-26-8-14)21(36)27-9-18(32)31-17(6-19(33)34)15-4-13(25)5-16(24)20(15)35;3-2(4,5)1(6)7/h3-5,7-8,17,35H,6,9-11H2,1-2H3,(H,27,36)(H,31,32)(H,33,34)(H2,28,29,30);(H,6,7)/t17-;/m1./s1. The summed E-state index contributed by atoms with van der Waals surface area (Å²) in [5.41, 5.74) is 0.934. The molecule has 18 heteroatoms. The van der Waals surface area contributed by atoms with Gasteiger partial charge in [-0.3, -0.25) is 24.4 Å². The molecular formula is C25H27BrClF3N6O7. The summed E-state index contributed by atoms with van der Waals surface area (Å²) in [4.78, 5) is 53.8. The molecule has 1 aliphatic heterocycles. The van der Waals surface area contributed by atoms with Gasteiger partial charge in [0.25, 0.3) is 5.91 Å². The molecule has 1 aromatic heterocycles. The summed E-state index contributed by atoms with van der Waals surface area (Å²) in [6.45, 7) is 5.16. The molecule has 0 fully saturated rings. The summed E-state index contributed by atoms with van der Waals surface area (Å²) in [6.07, 6.45) is -2.70. The molecule has 43 heavy (non-hydrogen) atoms. The topological polar surface area (TPSA) is 202 Å². The van der Waals surface area contributed by atoms with Gasteiger partial charge in [0.05, 0.1) is 40.9 Å². The maximum Gasteiger partial charge on any atom is 0.490 e. The van der Waals surface area contributed by atoms with Crippen molar-refractivity contribution in [3.8, 4) is 5.75 Å². The Morgan fingerprint density at radius 2 is 1.81 bits per heavy atom. The van der Waals surface area contributed by atoms with Gasteiger partial charge in [-0.1, -0.05) is 25.4 Å². The minimum absolute atomic E-state index is 0.0528. The number of hydrogen-bond donors (Lipinski definition) is 7. The first-order valence-corrected chi connectivity index (χ1v) is 13.3. The SMILES string of the molecule is CC1(C)CN=C(Nc2cncc(C(=O)NCC(=O)N[C@H](CC(=O)O)c3cc(Cl)cc(Br)c3O)c2)NC1.O=C(O)C(F)(F)F. The van der Waals surface area contributed by atoms with E-state index >= 15 is 0 Å². The highest BCUT2D eigenvalue weighted by Crippen LogP contribution is 2.36. The van der Waals surface area contributed by atoms with Crippen LogP contribution < -0.4 is 21.3 Å². The smallest absolute Gasteiger partial charge is 0.490 e. The number of phenolic OH excluding ortho intramolecular Hbond substituents is 1. The Labute approximate surface area is 256 Å². The van der Waals surface area contributed by atoms with Crippen molar-refractivity contribution in [2.24, 2.45) is 10.4 Å². The number of hydrogen-bond acceptors (Lipinski definition) is 9. The molecule has 1 atom stereocenters. The number of halogens is 5. The van der Waals surface area contributed by atoms with Crippen molar-refractivity contribution in [3.63, 3.8) is 0 Å². The zero-order chi connectivity index (χ0) is 32.5. The molecule has 3 rings (SSSR count). The van der Waals surface area contributed by atoms with Gasteiger partial charge in [0.15, 0.2) is 5.96 Å². The van der Waals surface area contributed by atoms with Gasteiger partial charge in [0.1, 0.15) is 5.75 Å². The van der Waals surface area contributed by atoms with Gasteiger partial charge in [0, 0.05) is 35.3 Å². The van der Waals surface area contributed by atoms with Crippen LogP contribution in [0.4, 0.5) is 18.9 Å². The number of phenols is 1. The zero-order valence-electron chi connectivity index (χ0n) is 22.6. The van der Waals surface area contributed by atoms with Gasteiger partial charge in [0.2, 0.25) is 5.91 Å². The summed E-state index contributed by atoms with van der Waals surface area (Å²) in [5, 5.41) is 38.2. The number of guanidine groups is 1. The third-order valence-corrected chi connectivity index (χ3v) is 6.28. The van der Waals surface area contributed by atoms with Crippen molar-refractivity contribution < 1.29 is 47.7 Å². The van der Waals surface area contributed by atoms with E-state index in [9.17, 15) is 37.8 Å². The number of benzene rings is 1. The fourth-order valence-corrected chi connectivity index (χ4v) is 4.19. The molecule has 0 saturated heterocycles. The van der Waals surface area contributed by atoms with E-state index in [1.807, 2.05) is 0 Å². The number of rotatable bonds is 8. The quantitative estimate of drug-likeness (QED) is 0.215. The number of aromatic hydroxyl groups is 1. The van der Waals surface area contributed by atoms with Crippen LogP contribution in [0.1, 0.15) is 42.2 Å². The first kappa shape index (κ1) is 35.1. The van der Waals surface area contributed by atoms with Crippen LogP contribution in [0.15, 0.2) is 40.1 Å². The number of aliphatic imine (C=N–C) groups is 1. The minimum atomic E-state index is -5.08.